The molecular weight excluding hydrogens is 280 g/mol. The molecule has 0 aliphatic rings. The van der Waals surface area contributed by atoms with Gasteiger partial charge in [-0.2, -0.15) is 5.26 Å². The molecule has 0 saturated heterocycles. The van der Waals surface area contributed by atoms with Crippen LogP contribution in [0.3, 0.4) is 0 Å². The van der Waals surface area contributed by atoms with E-state index in [2.05, 4.69) is 0 Å². The number of hydrogen-bond donors (Lipinski definition) is 1. The summed E-state index contributed by atoms with van der Waals surface area (Å²) < 4.78 is 25.5. The Morgan fingerprint density at radius 3 is 2.45 bits per heavy atom. The van der Waals surface area contributed by atoms with Crippen molar-refractivity contribution in [2.75, 3.05) is 13.6 Å². The average Bonchev–Trinajstić information content (AvgIpc) is 2.39. The molecule has 1 rings (SSSR count). The number of hydrogen-bond acceptors (Lipinski definition) is 4. The van der Waals surface area contributed by atoms with Crippen LogP contribution in [0.4, 0.5) is 0 Å². The van der Waals surface area contributed by atoms with Gasteiger partial charge in [-0.1, -0.05) is 12.1 Å². The summed E-state index contributed by atoms with van der Waals surface area (Å²) in [5, 5.41) is 17.1. The van der Waals surface area contributed by atoms with Gasteiger partial charge in [0.2, 0.25) is 10.0 Å². The van der Waals surface area contributed by atoms with E-state index in [9.17, 15) is 13.2 Å². The van der Waals surface area contributed by atoms with Crippen LogP contribution in [-0.4, -0.2) is 37.4 Å². The van der Waals surface area contributed by atoms with E-state index in [-0.39, 0.29) is 30.7 Å². The molecule has 0 saturated carbocycles. The number of benzene rings is 1. The van der Waals surface area contributed by atoms with Crippen LogP contribution in [0.25, 0.3) is 0 Å². The lowest BCUT2D eigenvalue weighted by Gasteiger charge is -2.16. The Kier molecular flexibility index (Phi) is 5.67. The molecule has 1 aromatic rings. The van der Waals surface area contributed by atoms with Crippen molar-refractivity contribution in [3.63, 3.8) is 0 Å². The van der Waals surface area contributed by atoms with Gasteiger partial charge in [0.15, 0.2) is 0 Å². The van der Waals surface area contributed by atoms with Crippen molar-refractivity contribution in [1.29, 1.82) is 5.26 Å². The summed E-state index contributed by atoms with van der Waals surface area (Å²) in [4.78, 5) is 10.5. The van der Waals surface area contributed by atoms with E-state index in [1.165, 1.54) is 19.2 Å². The number of aliphatic carboxylic acids is 1. The minimum atomic E-state index is -3.61. The fourth-order valence-electron chi connectivity index (χ4n) is 1.62. The van der Waals surface area contributed by atoms with Crippen LogP contribution in [-0.2, 0) is 21.2 Å². The standard InChI is InChI=1S/C13H16N2O4S/c1-15(10-2-3-13(16)17)20(18,19)12-6-4-11(5-7-12)8-9-14/h4-7H,2-3,8,10H2,1H3,(H,16,17). The fourth-order valence-corrected chi connectivity index (χ4v) is 2.83. The smallest absolute Gasteiger partial charge is 0.303 e. The van der Waals surface area contributed by atoms with Crippen LogP contribution < -0.4 is 0 Å². The summed E-state index contributed by atoms with van der Waals surface area (Å²) in [6, 6.07) is 8.09. The van der Waals surface area contributed by atoms with Crippen molar-refractivity contribution in [3.8, 4) is 6.07 Å². The number of carboxylic acid groups (broad SMARTS) is 1. The first-order chi connectivity index (χ1) is 9.37. The van der Waals surface area contributed by atoms with Crippen LogP contribution in [0.5, 0.6) is 0 Å². The largest absolute Gasteiger partial charge is 0.481 e. The average molecular weight is 296 g/mol. The van der Waals surface area contributed by atoms with Gasteiger partial charge in [-0.3, -0.25) is 4.79 Å². The second-order valence-electron chi connectivity index (χ2n) is 4.30. The van der Waals surface area contributed by atoms with Crippen molar-refractivity contribution in [2.45, 2.75) is 24.2 Å². The van der Waals surface area contributed by atoms with Gasteiger partial charge in [0, 0.05) is 20.0 Å². The fraction of sp³-hybridized carbons (Fsp3) is 0.385. The van der Waals surface area contributed by atoms with Crippen LogP contribution >= 0.6 is 0 Å². The number of nitrogens with zero attached hydrogens (tertiary/aromatic N) is 2. The van der Waals surface area contributed by atoms with Crippen LogP contribution in [0, 0.1) is 11.3 Å². The monoisotopic (exact) mass is 296 g/mol. The molecule has 6 nitrogen and oxygen atoms in total. The lowest BCUT2D eigenvalue weighted by Crippen LogP contribution is -2.28. The zero-order chi connectivity index (χ0) is 15.2. The molecule has 0 radical (unpaired) electrons. The lowest BCUT2D eigenvalue weighted by molar-refractivity contribution is -0.137. The van der Waals surface area contributed by atoms with Crippen molar-refractivity contribution in [2.24, 2.45) is 0 Å². The summed E-state index contributed by atoms with van der Waals surface area (Å²) in [5.41, 5.74) is 0.750. The van der Waals surface area contributed by atoms with E-state index >= 15 is 0 Å². The lowest BCUT2D eigenvalue weighted by atomic mass is 10.2. The van der Waals surface area contributed by atoms with Crippen molar-refractivity contribution < 1.29 is 18.3 Å². The first kappa shape index (κ1) is 16.1. The van der Waals surface area contributed by atoms with Gasteiger partial charge in [0.05, 0.1) is 17.4 Å². The summed E-state index contributed by atoms with van der Waals surface area (Å²) in [6.07, 6.45) is 0.424. The predicted molar refractivity (Wildman–Crippen MR) is 72.4 cm³/mol. The number of carboxylic acids is 1. The van der Waals surface area contributed by atoms with Crippen LogP contribution in [0.1, 0.15) is 18.4 Å². The molecule has 0 aliphatic heterocycles. The second-order valence-corrected chi connectivity index (χ2v) is 6.35. The summed E-state index contributed by atoms with van der Waals surface area (Å²) in [6.45, 7) is 0.147. The van der Waals surface area contributed by atoms with Crippen molar-refractivity contribution in [3.05, 3.63) is 29.8 Å². The number of nitriles is 1. The van der Waals surface area contributed by atoms with E-state index in [1.807, 2.05) is 6.07 Å². The predicted octanol–water partition coefficient (Wildman–Crippen LogP) is 1.24. The summed E-state index contributed by atoms with van der Waals surface area (Å²) in [7, 11) is -2.19. The highest BCUT2D eigenvalue weighted by Crippen LogP contribution is 2.16. The maximum absolute atomic E-state index is 12.2. The zero-order valence-electron chi connectivity index (χ0n) is 11.1. The molecule has 0 unspecified atom stereocenters. The molecule has 0 aromatic heterocycles. The molecule has 108 valence electrons. The highest BCUT2D eigenvalue weighted by molar-refractivity contribution is 7.89. The Bertz CT molecular complexity index is 602. The Hall–Kier alpha value is -1.91. The van der Waals surface area contributed by atoms with Crippen molar-refractivity contribution in [1.82, 2.24) is 4.31 Å². The molecule has 0 bridgehead atoms. The third kappa shape index (κ3) is 4.33. The van der Waals surface area contributed by atoms with E-state index in [0.29, 0.717) is 0 Å². The van der Waals surface area contributed by atoms with E-state index in [0.717, 1.165) is 9.87 Å². The van der Waals surface area contributed by atoms with Gasteiger partial charge in [-0.15, -0.1) is 0 Å². The molecular formula is C13H16N2O4S. The molecule has 1 N–H and O–H groups in total. The SMILES string of the molecule is CN(CCCC(=O)O)S(=O)(=O)c1ccc(CC#N)cc1. The van der Waals surface area contributed by atoms with Crippen molar-refractivity contribution >= 4 is 16.0 Å². The van der Waals surface area contributed by atoms with E-state index in [1.54, 1.807) is 12.1 Å². The highest BCUT2D eigenvalue weighted by Gasteiger charge is 2.20. The van der Waals surface area contributed by atoms with Crippen LogP contribution in [0.15, 0.2) is 29.2 Å². The minimum Gasteiger partial charge on any atom is -0.481 e. The van der Waals surface area contributed by atoms with Gasteiger partial charge < -0.3 is 5.11 Å². The molecule has 7 heteroatoms. The Labute approximate surface area is 118 Å². The quantitative estimate of drug-likeness (QED) is 0.816. The second kappa shape index (κ2) is 7.03. The Balaban J connectivity index is 2.77. The van der Waals surface area contributed by atoms with Gasteiger partial charge in [0.1, 0.15) is 0 Å². The first-order valence-corrected chi connectivity index (χ1v) is 7.46. The molecule has 0 heterocycles. The molecule has 0 spiro atoms. The third-order valence-corrected chi connectivity index (χ3v) is 4.65. The number of rotatable bonds is 7. The molecule has 0 amide bonds. The van der Waals surface area contributed by atoms with Gasteiger partial charge in [-0.05, 0) is 24.1 Å². The van der Waals surface area contributed by atoms with Gasteiger partial charge >= 0.3 is 5.97 Å². The summed E-state index contributed by atoms with van der Waals surface area (Å²) in [5.74, 6) is -0.948. The maximum atomic E-state index is 12.2. The maximum Gasteiger partial charge on any atom is 0.303 e. The Morgan fingerprint density at radius 2 is 1.95 bits per heavy atom. The zero-order valence-corrected chi connectivity index (χ0v) is 11.9. The van der Waals surface area contributed by atoms with Crippen LogP contribution in [0.2, 0.25) is 0 Å². The first-order valence-electron chi connectivity index (χ1n) is 6.02. The van der Waals surface area contributed by atoms with E-state index in [4.69, 9.17) is 10.4 Å². The summed E-state index contributed by atoms with van der Waals surface area (Å²) >= 11 is 0. The minimum absolute atomic E-state index is 0.0685. The number of sulfonamides is 1. The molecule has 20 heavy (non-hydrogen) atoms. The van der Waals surface area contributed by atoms with Gasteiger partial charge in [0.25, 0.3) is 0 Å². The molecule has 1 aromatic carbocycles. The molecule has 0 aliphatic carbocycles. The molecule has 0 atom stereocenters. The third-order valence-electron chi connectivity index (χ3n) is 2.78. The topological polar surface area (TPSA) is 98.5 Å². The Morgan fingerprint density at radius 1 is 1.35 bits per heavy atom. The van der Waals surface area contributed by atoms with Gasteiger partial charge in [-0.25, -0.2) is 12.7 Å². The number of carbonyl (C=O) groups is 1. The normalized spacial score (nSPS) is 11.2. The highest BCUT2D eigenvalue weighted by atomic mass is 32.2. The van der Waals surface area contributed by atoms with E-state index < -0.39 is 16.0 Å². The molecule has 0 fully saturated rings.